The number of hydrogen-bond donors (Lipinski definition) is 22. The van der Waals surface area contributed by atoms with E-state index in [1.54, 1.807) is 41.5 Å². The molecule has 3 unspecified atom stereocenters. The van der Waals surface area contributed by atoms with Crippen molar-refractivity contribution in [1.82, 2.24) is 85.1 Å². The summed E-state index contributed by atoms with van der Waals surface area (Å²) in [7, 11) is 1.53. The molecule has 1 aromatic carbocycles. The Morgan fingerprint density at radius 2 is 1.20 bits per heavy atom. The number of fused-ring (bicyclic) bond motifs is 1. The molecule has 1 aromatic rings. The lowest BCUT2D eigenvalue weighted by molar-refractivity contribution is -0.142. The number of carboxylic acids is 1. The lowest BCUT2D eigenvalue weighted by Gasteiger charge is -2.30. The minimum Gasteiger partial charge on any atom is -0.508 e. The third-order valence-corrected chi connectivity index (χ3v) is 23.3. The van der Waals surface area contributed by atoms with E-state index in [9.17, 15) is 102 Å². The highest BCUT2D eigenvalue weighted by molar-refractivity contribution is 8.76. The van der Waals surface area contributed by atoms with Crippen LogP contribution in [0.4, 0.5) is 4.79 Å². The van der Waals surface area contributed by atoms with Crippen LogP contribution in [-0.4, -0.2) is 266 Å². The number of thioether (sulfide) groups is 1. The van der Waals surface area contributed by atoms with E-state index in [1.807, 2.05) is 11.8 Å². The molecule has 38 nitrogen and oxygen atoms in total. The standard InChI is InChI=1S/C73H119N17O21S3/c1-10-38(5)57(86-54(96)22-13-12-18-28-75-53(95)21-15-14-20-52-61-49(34-112-52)85-73(111)90-61)68(105)82-47(30-43-23-25-44(94)26-24-43)62(99)76-32-56(98)80-50-35-113-114-36-51(67(104)88-60(42(9)93)71(108)89-59(41(8)92)70(107)78-40(7)72(109)110)84-69(106)58(39(6)11-2)87-65(102)46(29-37(3)4)81-64(101)45(19-16-17-27-74)79-55(97)31-77-63(100)48(33-91)83-66(50)103/h23-26,37-42,45-52,57-61,91-94H,10-22,27-36,74H2,1-9H3,(H,75,95)(H,76,99)(H,77,100)(H,78,107)(H,79,97)(H,80,98)(H,81,101)(H,82,105)(H,83,103)(H,84,106)(H,86,96)(H,87,102)(H,88,104)(H,89,108)(H,109,110)(H2,85,90,111)/t38-,39-,40-,41+,42+,45-,46-,47-,48?,49-,50?,51?,52-,57-,58-,59-,60-,61-/m0/s1. The number of aliphatic carboxylic acids is 1. The van der Waals surface area contributed by atoms with Gasteiger partial charge >= 0.3 is 12.0 Å². The van der Waals surface area contributed by atoms with Gasteiger partial charge in [-0.3, -0.25) is 71.9 Å². The molecule has 3 fully saturated rings. The number of aliphatic hydroxyl groups excluding tert-OH is 3. The molecule has 41 heteroatoms. The first kappa shape index (κ1) is 97.6. The second-order valence-electron chi connectivity index (χ2n) is 29.3. The SMILES string of the molecule is CC[C@H](C)[C@H](NC(=O)CCCCCNC(=O)CCCC[C@@H]1SC[C@@H]2NC(=O)N[C@@H]21)C(=O)N[C@@H](Cc1ccc(O)cc1)C(=O)NCC(=O)NC1CSSCC(C(=O)N[C@H](C(=O)N[C@H](C(=O)N[C@@H](C)C(=O)O)[C@@H](C)O)[C@@H](C)O)NC(=O)[C@H]([C@@H](C)CC)NC(=O)[C@H](CC(C)C)NC(=O)[C@H](CCCCN)NC(=O)CNC(=O)C(CO)NC1=O. The van der Waals surface area contributed by atoms with Crippen molar-refractivity contribution in [3.8, 4) is 5.75 Å². The normalized spacial score (nSPS) is 23.1. The van der Waals surface area contributed by atoms with E-state index in [0.717, 1.165) is 61.0 Å². The van der Waals surface area contributed by atoms with Crippen LogP contribution >= 0.6 is 33.3 Å². The summed E-state index contributed by atoms with van der Waals surface area (Å²) in [5.41, 5.74) is 6.19. The number of unbranched alkanes of at least 4 members (excludes halogenated alkanes) is 4. The maximum absolute atomic E-state index is 14.8. The highest BCUT2D eigenvalue weighted by Crippen LogP contribution is 2.33. The van der Waals surface area contributed by atoms with Crippen LogP contribution in [0.5, 0.6) is 5.75 Å². The van der Waals surface area contributed by atoms with Gasteiger partial charge in [0.25, 0.3) is 0 Å². The van der Waals surface area contributed by atoms with Gasteiger partial charge in [0.2, 0.25) is 82.7 Å². The molecule has 114 heavy (non-hydrogen) atoms. The summed E-state index contributed by atoms with van der Waals surface area (Å²) in [5.74, 6) is -16.0. The highest BCUT2D eigenvalue weighted by atomic mass is 33.1. The molecular formula is C73H119N17O21S3. The van der Waals surface area contributed by atoms with E-state index in [-0.39, 0.29) is 74.3 Å². The van der Waals surface area contributed by atoms with Crippen LogP contribution in [0.2, 0.25) is 0 Å². The Bertz CT molecular complexity index is 3420. The zero-order chi connectivity index (χ0) is 84.9. The van der Waals surface area contributed by atoms with Crippen molar-refractivity contribution in [3.05, 3.63) is 29.8 Å². The number of phenolic OH excluding ortho intramolecular Hbond substituents is 1. The van der Waals surface area contributed by atoms with Crippen molar-refractivity contribution >= 4 is 128 Å². The summed E-state index contributed by atoms with van der Waals surface area (Å²) < 4.78 is 0. The minimum atomic E-state index is -1.97. The molecule has 3 aliphatic heterocycles. The average molecular weight is 1670 g/mol. The molecule has 4 rings (SSSR count). The summed E-state index contributed by atoms with van der Waals surface area (Å²) in [6.07, 6.45) is 2.02. The Labute approximate surface area is 675 Å². The first-order valence-electron chi connectivity index (χ1n) is 38.7. The maximum Gasteiger partial charge on any atom is 0.325 e. The molecule has 0 aromatic heterocycles. The molecule has 18 atom stereocenters. The number of carbonyl (C=O) groups is 16. The van der Waals surface area contributed by atoms with Gasteiger partial charge in [0.15, 0.2) is 0 Å². The van der Waals surface area contributed by atoms with Gasteiger partial charge in [-0.15, -0.1) is 0 Å². The molecule has 16 amide bonds. The van der Waals surface area contributed by atoms with Crippen LogP contribution in [0.25, 0.3) is 0 Å². The van der Waals surface area contributed by atoms with Gasteiger partial charge < -0.3 is 116 Å². The van der Waals surface area contributed by atoms with Crippen LogP contribution in [0, 0.1) is 17.8 Å². The zero-order valence-electron chi connectivity index (χ0n) is 66.1. The Hall–Kier alpha value is -8.77. The predicted molar refractivity (Wildman–Crippen MR) is 424 cm³/mol. The highest BCUT2D eigenvalue weighted by Gasteiger charge is 2.43. The summed E-state index contributed by atoms with van der Waals surface area (Å²) >= 11 is 1.82. The van der Waals surface area contributed by atoms with Gasteiger partial charge in [-0.25, -0.2) is 4.79 Å². The summed E-state index contributed by atoms with van der Waals surface area (Å²) in [6.45, 7) is 11.4. The molecule has 640 valence electrons. The van der Waals surface area contributed by atoms with Gasteiger partial charge in [-0.1, -0.05) is 101 Å². The van der Waals surface area contributed by atoms with Crippen molar-refractivity contribution < 1.29 is 102 Å². The van der Waals surface area contributed by atoms with Crippen LogP contribution in [-0.2, 0) is 78.3 Å². The Kier molecular flexibility index (Phi) is 43.3. The van der Waals surface area contributed by atoms with E-state index < -0.39 is 204 Å². The molecule has 23 N–H and O–H groups in total. The van der Waals surface area contributed by atoms with E-state index in [0.29, 0.717) is 68.7 Å². The third kappa shape index (κ3) is 34.0. The number of hydrogen-bond acceptors (Lipinski definition) is 24. The van der Waals surface area contributed by atoms with Gasteiger partial charge in [0, 0.05) is 48.3 Å². The fourth-order valence-electron chi connectivity index (χ4n) is 12.2. The fourth-order valence-corrected chi connectivity index (χ4v) is 16.1. The van der Waals surface area contributed by atoms with Gasteiger partial charge in [0.1, 0.15) is 72.2 Å². The van der Waals surface area contributed by atoms with E-state index >= 15 is 0 Å². The minimum absolute atomic E-state index is 0.000726. The smallest absolute Gasteiger partial charge is 0.325 e. The molecular weight excluding hydrogens is 1550 g/mol. The Morgan fingerprint density at radius 3 is 1.84 bits per heavy atom. The number of carboxylic acid groups (broad SMARTS) is 1. The number of benzene rings is 1. The zero-order valence-corrected chi connectivity index (χ0v) is 68.6. The van der Waals surface area contributed by atoms with Crippen LogP contribution in [0.1, 0.15) is 158 Å². The number of phenols is 1. The summed E-state index contributed by atoms with van der Waals surface area (Å²) in [6, 6.07) is -11.7. The Morgan fingerprint density at radius 1 is 0.579 bits per heavy atom. The van der Waals surface area contributed by atoms with Crippen LogP contribution in [0.3, 0.4) is 0 Å². The lowest BCUT2D eigenvalue weighted by Crippen LogP contribution is -2.63. The molecule has 0 bridgehead atoms. The number of nitrogens with one attached hydrogen (secondary N) is 16. The largest absolute Gasteiger partial charge is 0.508 e. The van der Waals surface area contributed by atoms with Crippen molar-refractivity contribution in [3.63, 3.8) is 0 Å². The second kappa shape index (κ2) is 50.6. The first-order valence-corrected chi connectivity index (χ1v) is 42.3. The quantitative estimate of drug-likeness (QED) is 0.0172. The number of aromatic hydroxyl groups is 1. The van der Waals surface area contributed by atoms with Crippen molar-refractivity contribution in [2.75, 3.05) is 50.0 Å². The van der Waals surface area contributed by atoms with E-state index in [4.69, 9.17) is 5.73 Å². The van der Waals surface area contributed by atoms with Gasteiger partial charge in [-0.05, 0) is 114 Å². The molecule has 0 saturated carbocycles. The number of aliphatic hydroxyl groups is 3. The van der Waals surface area contributed by atoms with Gasteiger partial charge in [0.05, 0.1) is 44.0 Å². The lowest BCUT2D eigenvalue weighted by atomic mass is 9.96. The molecule has 0 radical (unpaired) electrons. The third-order valence-electron chi connectivity index (χ3n) is 19.4. The van der Waals surface area contributed by atoms with Crippen LogP contribution < -0.4 is 90.8 Å². The molecule has 0 aliphatic carbocycles. The monoisotopic (exact) mass is 1670 g/mol. The van der Waals surface area contributed by atoms with E-state index in [2.05, 4.69) is 85.1 Å². The average Bonchev–Trinajstić information content (AvgIpc) is 1.67. The number of rotatable bonds is 40. The molecule has 3 saturated heterocycles. The second-order valence-corrected chi connectivity index (χ2v) is 33.1. The van der Waals surface area contributed by atoms with E-state index in [1.165, 1.54) is 24.3 Å². The summed E-state index contributed by atoms with van der Waals surface area (Å²) in [5, 5.41) is 92.8. The van der Waals surface area contributed by atoms with Crippen molar-refractivity contribution in [2.45, 2.75) is 255 Å². The number of nitrogens with two attached hydrogens (primary N) is 1. The van der Waals surface area contributed by atoms with Crippen molar-refractivity contribution in [1.29, 1.82) is 0 Å². The topological polar surface area (TPSA) is 593 Å². The number of amides is 16. The van der Waals surface area contributed by atoms with Crippen LogP contribution in [0.15, 0.2) is 24.3 Å². The predicted octanol–water partition coefficient (Wildman–Crippen LogP) is -3.58. The number of urea groups is 1. The molecule has 3 heterocycles. The van der Waals surface area contributed by atoms with Gasteiger partial charge in [-0.2, -0.15) is 11.8 Å². The van der Waals surface area contributed by atoms with Crippen molar-refractivity contribution in [2.24, 2.45) is 23.5 Å². The number of carbonyl (C=O) groups excluding carboxylic acids is 15. The fraction of sp³-hybridized carbons (Fsp3) is 0.699. The maximum atomic E-state index is 14.8. The molecule has 0 spiro atoms. The Balaban J connectivity index is 1.61. The first-order chi connectivity index (χ1) is 54.0. The summed E-state index contributed by atoms with van der Waals surface area (Å²) in [4.78, 5) is 219. The molecule has 3 aliphatic rings.